The zero-order valence-electron chi connectivity index (χ0n) is 7.75. The summed E-state index contributed by atoms with van der Waals surface area (Å²) in [7, 11) is 0. The maximum absolute atomic E-state index is 4.37. The van der Waals surface area contributed by atoms with E-state index in [0.717, 1.165) is 10.9 Å². The molecule has 0 unspecified atom stereocenters. The Morgan fingerprint density at radius 1 is 1.07 bits per heavy atom. The van der Waals surface area contributed by atoms with Gasteiger partial charge in [0.2, 0.25) is 0 Å². The smallest absolute Gasteiger partial charge is 0.197 e. The third-order valence-electron chi connectivity index (χ3n) is 2.12. The van der Waals surface area contributed by atoms with Gasteiger partial charge in [0.25, 0.3) is 0 Å². The molecular formula is C10H7N5. The monoisotopic (exact) mass is 197 g/mol. The molecule has 2 heterocycles. The molecule has 1 N–H and O–H groups in total. The molecule has 0 aliphatic carbocycles. The van der Waals surface area contributed by atoms with Crippen molar-refractivity contribution < 1.29 is 0 Å². The van der Waals surface area contributed by atoms with E-state index in [4.69, 9.17) is 0 Å². The van der Waals surface area contributed by atoms with Crippen LogP contribution >= 0.6 is 0 Å². The molecule has 15 heavy (non-hydrogen) atoms. The van der Waals surface area contributed by atoms with Gasteiger partial charge < -0.3 is 0 Å². The molecule has 0 fully saturated rings. The molecule has 1 aromatic carbocycles. The third-order valence-corrected chi connectivity index (χ3v) is 2.12. The van der Waals surface area contributed by atoms with Crippen molar-refractivity contribution in [2.75, 3.05) is 0 Å². The Hall–Kier alpha value is -2.30. The lowest BCUT2D eigenvalue weighted by Crippen LogP contribution is -1.91. The number of hydrogen-bond acceptors (Lipinski definition) is 4. The standard InChI is InChI=1S/C10H7N5/c1-2-4-8-7(3-1)5-11-9(14-8)10-12-6-13-15-10/h1-6H,(H,12,13,15). The Morgan fingerprint density at radius 2 is 2.00 bits per heavy atom. The molecular weight excluding hydrogens is 190 g/mol. The van der Waals surface area contributed by atoms with Gasteiger partial charge in [-0.25, -0.2) is 15.0 Å². The van der Waals surface area contributed by atoms with E-state index in [1.807, 2.05) is 24.3 Å². The van der Waals surface area contributed by atoms with Crippen molar-refractivity contribution >= 4 is 10.9 Å². The highest BCUT2D eigenvalue weighted by Crippen LogP contribution is 2.13. The minimum atomic E-state index is 0.561. The van der Waals surface area contributed by atoms with Gasteiger partial charge in [0.15, 0.2) is 11.6 Å². The fourth-order valence-corrected chi connectivity index (χ4v) is 1.40. The van der Waals surface area contributed by atoms with Crippen LogP contribution in [0.15, 0.2) is 36.8 Å². The Labute approximate surface area is 85.2 Å². The van der Waals surface area contributed by atoms with Crippen LogP contribution in [0, 0.1) is 0 Å². The van der Waals surface area contributed by atoms with Gasteiger partial charge in [-0.2, -0.15) is 5.10 Å². The van der Waals surface area contributed by atoms with Crippen LogP contribution in [0.2, 0.25) is 0 Å². The van der Waals surface area contributed by atoms with Crippen molar-refractivity contribution in [2.24, 2.45) is 0 Å². The molecule has 0 bridgehead atoms. The Bertz CT molecular complexity index is 588. The summed E-state index contributed by atoms with van der Waals surface area (Å²) in [4.78, 5) is 12.6. The van der Waals surface area contributed by atoms with Crippen LogP contribution < -0.4 is 0 Å². The van der Waals surface area contributed by atoms with E-state index in [9.17, 15) is 0 Å². The first-order valence-electron chi connectivity index (χ1n) is 4.51. The first-order chi connectivity index (χ1) is 7.43. The molecule has 72 valence electrons. The van der Waals surface area contributed by atoms with E-state index in [-0.39, 0.29) is 0 Å². The number of hydrogen-bond donors (Lipinski definition) is 1. The summed E-state index contributed by atoms with van der Waals surface area (Å²) in [5.41, 5.74) is 0.902. The van der Waals surface area contributed by atoms with E-state index in [1.165, 1.54) is 6.33 Å². The zero-order chi connectivity index (χ0) is 10.1. The predicted molar refractivity (Wildman–Crippen MR) is 54.9 cm³/mol. The number of fused-ring (bicyclic) bond motifs is 1. The summed E-state index contributed by atoms with van der Waals surface area (Å²) in [6, 6.07) is 7.82. The van der Waals surface area contributed by atoms with Crippen LogP contribution in [-0.4, -0.2) is 25.1 Å². The minimum Gasteiger partial charge on any atom is -0.257 e. The van der Waals surface area contributed by atoms with Gasteiger partial charge >= 0.3 is 0 Å². The maximum atomic E-state index is 4.37. The second kappa shape index (κ2) is 3.13. The number of H-pyrrole nitrogens is 1. The number of para-hydroxylation sites is 1. The summed E-state index contributed by atoms with van der Waals surface area (Å²) < 4.78 is 0. The number of nitrogens with one attached hydrogen (secondary N) is 1. The molecule has 3 aromatic rings. The molecule has 0 radical (unpaired) electrons. The fourth-order valence-electron chi connectivity index (χ4n) is 1.40. The Balaban J connectivity index is 2.22. The molecule has 5 heteroatoms. The summed E-state index contributed by atoms with van der Waals surface area (Å²) in [6.45, 7) is 0. The van der Waals surface area contributed by atoms with Crippen molar-refractivity contribution in [1.82, 2.24) is 25.1 Å². The average Bonchev–Trinajstić information content (AvgIpc) is 2.82. The molecule has 0 saturated carbocycles. The van der Waals surface area contributed by atoms with Gasteiger partial charge in [0.1, 0.15) is 6.33 Å². The first kappa shape index (κ1) is 8.05. The molecule has 0 aliphatic rings. The summed E-state index contributed by atoms with van der Waals surface area (Å²) in [6.07, 6.45) is 3.22. The van der Waals surface area contributed by atoms with E-state index >= 15 is 0 Å². The van der Waals surface area contributed by atoms with Crippen LogP contribution in [0.5, 0.6) is 0 Å². The molecule has 3 rings (SSSR count). The van der Waals surface area contributed by atoms with Crippen molar-refractivity contribution in [1.29, 1.82) is 0 Å². The lowest BCUT2D eigenvalue weighted by Gasteiger charge is -1.97. The number of nitrogens with zero attached hydrogens (tertiary/aromatic N) is 4. The largest absolute Gasteiger partial charge is 0.257 e. The quantitative estimate of drug-likeness (QED) is 0.640. The molecule has 0 saturated heterocycles. The first-order valence-corrected chi connectivity index (χ1v) is 4.51. The highest BCUT2D eigenvalue weighted by Gasteiger charge is 2.04. The molecule has 0 atom stereocenters. The number of benzene rings is 1. The second-order valence-corrected chi connectivity index (χ2v) is 3.09. The maximum Gasteiger partial charge on any atom is 0.197 e. The van der Waals surface area contributed by atoms with E-state index in [1.54, 1.807) is 6.20 Å². The Kier molecular flexibility index (Phi) is 1.68. The van der Waals surface area contributed by atoms with E-state index < -0.39 is 0 Å². The summed E-state index contributed by atoms with van der Waals surface area (Å²) in [5, 5.41) is 7.51. The minimum absolute atomic E-state index is 0.561. The normalized spacial score (nSPS) is 10.7. The van der Waals surface area contributed by atoms with Crippen molar-refractivity contribution in [3.63, 3.8) is 0 Å². The van der Waals surface area contributed by atoms with E-state index in [2.05, 4.69) is 25.1 Å². The molecule has 0 spiro atoms. The summed E-state index contributed by atoms with van der Waals surface area (Å²) in [5.74, 6) is 1.15. The highest BCUT2D eigenvalue weighted by atomic mass is 15.2. The highest BCUT2D eigenvalue weighted by molar-refractivity contribution is 5.78. The molecule has 5 nitrogen and oxygen atoms in total. The van der Waals surface area contributed by atoms with E-state index in [0.29, 0.717) is 11.6 Å². The van der Waals surface area contributed by atoms with Gasteiger partial charge in [-0.1, -0.05) is 18.2 Å². The molecule has 0 aliphatic heterocycles. The summed E-state index contributed by atoms with van der Waals surface area (Å²) >= 11 is 0. The fraction of sp³-hybridized carbons (Fsp3) is 0. The Morgan fingerprint density at radius 3 is 2.87 bits per heavy atom. The van der Waals surface area contributed by atoms with Crippen LogP contribution in [0.25, 0.3) is 22.6 Å². The number of rotatable bonds is 1. The number of aromatic nitrogens is 5. The SMILES string of the molecule is c1ccc2nc(-c3ncn[nH]3)ncc2c1. The zero-order valence-corrected chi connectivity index (χ0v) is 7.75. The average molecular weight is 197 g/mol. The topological polar surface area (TPSA) is 67.3 Å². The van der Waals surface area contributed by atoms with Gasteiger partial charge in [-0.3, -0.25) is 5.10 Å². The number of aromatic amines is 1. The van der Waals surface area contributed by atoms with Crippen molar-refractivity contribution in [2.45, 2.75) is 0 Å². The second-order valence-electron chi connectivity index (χ2n) is 3.09. The van der Waals surface area contributed by atoms with Crippen LogP contribution in [-0.2, 0) is 0 Å². The van der Waals surface area contributed by atoms with Gasteiger partial charge in [-0.05, 0) is 6.07 Å². The van der Waals surface area contributed by atoms with Gasteiger partial charge in [0.05, 0.1) is 5.52 Å². The van der Waals surface area contributed by atoms with Crippen LogP contribution in [0.3, 0.4) is 0 Å². The molecule has 0 amide bonds. The molecule has 2 aromatic heterocycles. The van der Waals surface area contributed by atoms with Crippen LogP contribution in [0.4, 0.5) is 0 Å². The predicted octanol–water partition coefficient (Wildman–Crippen LogP) is 1.41. The van der Waals surface area contributed by atoms with Crippen LogP contribution in [0.1, 0.15) is 0 Å². The van der Waals surface area contributed by atoms with Gasteiger partial charge in [-0.15, -0.1) is 0 Å². The lowest BCUT2D eigenvalue weighted by atomic mass is 10.2. The van der Waals surface area contributed by atoms with Crippen molar-refractivity contribution in [3.8, 4) is 11.6 Å². The van der Waals surface area contributed by atoms with Crippen molar-refractivity contribution in [3.05, 3.63) is 36.8 Å². The van der Waals surface area contributed by atoms with Gasteiger partial charge in [0, 0.05) is 11.6 Å². The third kappa shape index (κ3) is 1.34. The lowest BCUT2D eigenvalue weighted by molar-refractivity contribution is 1.07.